The van der Waals surface area contributed by atoms with Gasteiger partial charge in [-0.3, -0.25) is 9.59 Å². The molecular weight excluding hydrogens is 364 g/mol. The Hall–Kier alpha value is -2.82. The van der Waals surface area contributed by atoms with E-state index >= 15 is 0 Å². The molecule has 0 aliphatic heterocycles. The molecule has 0 aliphatic carbocycles. The molecule has 156 valence electrons. The van der Waals surface area contributed by atoms with E-state index in [0.29, 0.717) is 19.4 Å². The van der Waals surface area contributed by atoms with E-state index < -0.39 is 6.04 Å². The predicted octanol–water partition coefficient (Wildman–Crippen LogP) is 3.96. The molecular formula is C24H32N2O3. The summed E-state index contributed by atoms with van der Waals surface area (Å²) < 4.78 is 5.31. The number of ether oxygens (including phenoxy) is 1. The van der Waals surface area contributed by atoms with Gasteiger partial charge in [-0.1, -0.05) is 56.3 Å². The molecule has 1 N–H and O–H groups in total. The van der Waals surface area contributed by atoms with E-state index in [9.17, 15) is 9.59 Å². The van der Waals surface area contributed by atoms with Gasteiger partial charge in [-0.2, -0.15) is 0 Å². The van der Waals surface area contributed by atoms with Crippen molar-refractivity contribution in [3.63, 3.8) is 0 Å². The third kappa shape index (κ3) is 6.63. The number of carbonyl (C=O) groups excluding carboxylic acids is 2. The van der Waals surface area contributed by atoms with Crippen molar-refractivity contribution in [2.45, 2.75) is 58.7 Å². The lowest BCUT2D eigenvalue weighted by atomic mass is 10.0. The van der Waals surface area contributed by atoms with Crippen molar-refractivity contribution >= 4 is 11.8 Å². The summed E-state index contributed by atoms with van der Waals surface area (Å²) in [6, 6.07) is 16.9. The van der Waals surface area contributed by atoms with Crippen molar-refractivity contribution in [1.82, 2.24) is 10.2 Å². The Morgan fingerprint density at radius 3 is 2.34 bits per heavy atom. The number of rotatable bonds is 10. The van der Waals surface area contributed by atoms with Crippen LogP contribution in [0.4, 0.5) is 0 Å². The van der Waals surface area contributed by atoms with Gasteiger partial charge in [-0.25, -0.2) is 0 Å². The molecule has 2 amide bonds. The van der Waals surface area contributed by atoms with E-state index in [1.54, 1.807) is 12.0 Å². The summed E-state index contributed by atoms with van der Waals surface area (Å²) in [7, 11) is 1.62. The first-order valence-corrected chi connectivity index (χ1v) is 10.2. The fourth-order valence-electron chi connectivity index (χ4n) is 3.17. The Labute approximate surface area is 174 Å². The van der Waals surface area contributed by atoms with E-state index in [0.717, 1.165) is 23.3 Å². The Bertz CT molecular complexity index is 792. The number of nitrogens with zero attached hydrogens (tertiary/aromatic N) is 1. The fraction of sp³-hybridized carbons (Fsp3) is 0.417. The molecule has 0 unspecified atom stereocenters. The van der Waals surface area contributed by atoms with Crippen LogP contribution in [0.15, 0.2) is 54.6 Å². The molecule has 0 spiro atoms. The fourth-order valence-corrected chi connectivity index (χ4v) is 3.17. The first-order valence-electron chi connectivity index (χ1n) is 10.2. The summed E-state index contributed by atoms with van der Waals surface area (Å²) in [6.07, 6.45) is 1.64. The zero-order valence-corrected chi connectivity index (χ0v) is 17.9. The number of amides is 2. The molecule has 2 aromatic rings. The summed E-state index contributed by atoms with van der Waals surface area (Å²) in [6.45, 7) is 6.19. The van der Waals surface area contributed by atoms with Crippen molar-refractivity contribution in [3.8, 4) is 5.75 Å². The molecule has 0 aliphatic rings. The van der Waals surface area contributed by atoms with Crippen molar-refractivity contribution in [1.29, 1.82) is 0 Å². The summed E-state index contributed by atoms with van der Waals surface area (Å²) in [5.41, 5.74) is 1.96. The largest absolute Gasteiger partial charge is 0.497 e. The maximum Gasteiger partial charge on any atom is 0.243 e. The molecule has 0 heterocycles. The highest BCUT2D eigenvalue weighted by molar-refractivity contribution is 5.88. The molecule has 5 heteroatoms. The minimum atomic E-state index is -0.579. The third-order valence-electron chi connectivity index (χ3n) is 5.06. The van der Waals surface area contributed by atoms with Crippen molar-refractivity contribution in [2.24, 2.45) is 0 Å². The Kier molecular flexibility index (Phi) is 8.71. The van der Waals surface area contributed by atoms with Gasteiger partial charge in [-0.05, 0) is 36.6 Å². The monoisotopic (exact) mass is 396 g/mol. The van der Waals surface area contributed by atoms with E-state index in [4.69, 9.17) is 4.74 Å². The highest BCUT2D eigenvalue weighted by Gasteiger charge is 2.30. The maximum atomic E-state index is 13.2. The zero-order valence-electron chi connectivity index (χ0n) is 17.9. The van der Waals surface area contributed by atoms with Crippen LogP contribution >= 0.6 is 0 Å². The Balaban J connectivity index is 2.36. The highest BCUT2D eigenvalue weighted by Crippen LogP contribution is 2.19. The van der Waals surface area contributed by atoms with Crippen LogP contribution < -0.4 is 10.1 Å². The molecule has 2 atom stereocenters. The molecule has 0 saturated carbocycles. The van der Waals surface area contributed by atoms with E-state index in [-0.39, 0.29) is 17.9 Å². The lowest BCUT2D eigenvalue weighted by molar-refractivity contribution is -0.141. The smallest absolute Gasteiger partial charge is 0.243 e. The number of methoxy groups -OCH3 is 1. The topological polar surface area (TPSA) is 58.6 Å². The van der Waals surface area contributed by atoms with Gasteiger partial charge in [-0.15, -0.1) is 0 Å². The van der Waals surface area contributed by atoms with Crippen LogP contribution in [0.3, 0.4) is 0 Å². The zero-order chi connectivity index (χ0) is 21.2. The van der Waals surface area contributed by atoms with Crippen molar-refractivity contribution < 1.29 is 14.3 Å². The molecule has 0 saturated heterocycles. The van der Waals surface area contributed by atoms with Gasteiger partial charge < -0.3 is 15.0 Å². The minimum Gasteiger partial charge on any atom is -0.497 e. The van der Waals surface area contributed by atoms with Crippen LogP contribution in [-0.4, -0.2) is 35.9 Å². The van der Waals surface area contributed by atoms with E-state index in [1.165, 1.54) is 0 Å². The number of hydrogen-bond acceptors (Lipinski definition) is 3. The van der Waals surface area contributed by atoms with Gasteiger partial charge in [0, 0.05) is 25.4 Å². The average molecular weight is 397 g/mol. The van der Waals surface area contributed by atoms with Crippen LogP contribution in [0.1, 0.15) is 44.7 Å². The first kappa shape index (κ1) is 22.5. The molecule has 0 radical (unpaired) electrons. The molecule has 0 aromatic heterocycles. The number of hydrogen-bond donors (Lipinski definition) is 1. The second-order valence-corrected chi connectivity index (χ2v) is 7.25. The highest BCUT2D eigenvalue weighted by atomic mass is 16.5. The van der Waals surface area contributed by atoms with Crippen LogP contribution in [-0.2, 0) is 22.6 Å². The number of nitrogens with one attached hydrogen (secondary N) is 1. The Morgan fingerprint density at radius 1 is 1.03 bits per heavy atom. The van der Waals surface area contributed by atoms with E-state index in [1.807, 2.05) is 75.4 Å². The quantitative estimate of drug-likeness (QED) is 0.661. The number of carbonyl (C=O) groups is 2. The van der Waals surface area contributed by atoms with Gasteiger partial charge in [0.1, 0.15) is 11.8 Å². The minimum absolute atomic E-state index is 0.0481. The molecule has 2 aromatic carbocycles. The van der Waals surface area contributed by atoms with Crippen LogP contribution in [0, 0.1) is 0 Å². The number of benzene rings is 2. The molecule has 2 rings (SSSR count). The van der Waals surface area contributed by atoms with Crippen LogP contribution in [0.2, 0.25) is 0 Å². The standard InChI is InChI=1S/C24H32N2O3/c1-5-18(3)25-24(28)22(16-19-11-8-7-9-12-19)26(23(27)6-2)17-20-13-10-14-21(15-20)29-4/h7-15,18,22H,5-6,16-17H2,1-4H3,(H,25,28)/t18-,22-/m0/s1. The van der Waals surface area contributed by atoms with Gasteiger partial charge in [0.05, 0.1) is 7.11 Å². The lowest BCUT2D eigenvalue weighted by Gasteiger charge is -2.32. The predicted molar refractivity (Wildman–Crippen MR) is 116 cm³/mol. The lowest BCUT2D eigenvalue weighted by Crippen LogP contribution is -2.52. The van der Waals surface area contributed by atoms with Gasteiger partial charge in [0.25, 0.3) is 0 Å². The summed E-state index contributed by atoms with van der Waals surface area (Å²) in [4.78, 5) is 27.7. The van der Waals surface area contributed by atoms with Gasteiger partial charge in [0.15, 0.2) is 0 Å². The Morgan fingerprint density at radius 2 is 1.72 bits per heavy atom. The summed E-state index contributed by atoms with van der Waals surface area (Å²) in [5.74, 6) is 0.566. The summed E-state index contributed by atoms with van der Waals surface area (Å²) >= 11 is 0. The second kappa shape index (κ2) is 11.2. The SMILES string of the molecule is CCC(=O)N(Cc1cccc(OC)c1)[C@@H](Cc1ccccc1)C(=O)N[C@@H](C)CC. The second-order valence-electron chi connectivity index (χ2n) is 7.25. The van der Waals surface area contributed by atoms with Crippen molar-refractivity contribution in [2.75, 3.05) is 7.11 Å². The molecule has 0 bridgehead atoms. The van der Waals surface area contributed by atoms with E-state index in [2.05, 4.69) is 5.32 Å². The summed E-state index contributed by atoms with van der Waals surface area (Å²) in [5, 5.41) is 3.06. The van der Waals surface area contributed by atoms with Crippen LogP contribution in [0.25, 0.3) is 0 Å². The van der Waals surface area contributed by atoms with Gasteiger partial charge in [0.2, 0.25) is 11.8 Å². The van der Waals surface area contributed by atoms with Gasteiger partial charge >= 0.3 is 0 Å². The maximum absolute atomic E-state index is 13.2. The first-order chi connectivity index (χ1) is 14.0. The molecule has 5 nitrogen and oxygen atoms in total. The average Bonchev–Trinajstić information content (AvgIpc) is 2.76. The third-order valence-corrected chi connectivity index (χ3v) is 5.06. The van der Waals surface area contributed by atoms with Crippen molar-refractivity contribution in [3.05, 3.63) is 65.7 Å². The molecule has 29 heavy (non-hydrogen) atoms. The van der Waals surface area contributed by atoms with Crippen LogP contribution in [0.5, 0.6) is 5.75 Å². The molecule has 0 fully saturated rings. The normalized spacial score (nSPS) is 12.7.